The predicted octanol–water partition coefficient (Wildman–Crippen LogP) is 3.73. The third-order valence-electron chi connectivity index (χ3n) is 8.32. The molecule has 2 bridgehead atoms. The van der Waals surface area contributed by atoms with Gasteiger partial charge in [0.05, 0.1) is 70.3 Å². The van der Waals surface area contributed by atoms with Gasteiger partial charge in [0.25, 0.3) is 0 Å². The van der Waals surface area contributed by atoms with Gasteiger partial charge in [0, 0.05) is 0 Å². The lowest BCUT2D eigenvalue weighted by molar-refractivity contribution is -0.125. The Morgan fingerprint density at radius 3 is 2.18 bits per heavy atom. The molecule has 3 aromatic carbocycles. The molecule has 4 aromatic rings. The molecule has 3 fully saturated rings. The molecule has 0 aliphatic carbocycles. The average Bonchev–Trinajstić information content (AvgIpc) is 3.69. The Balaban J connectivity index is 1.24. The van der Waals surface area contributed by atoms with Crippen molar-refractivity contribution in [2.24, 2.45) is 22.9 Å². The lowest BCUT2D eigenvalue weighted by atomic mass is 9.70. The number of hydrogen-bond acceptors (Lipinski definition) is 7. The summed E-state index contributed by atoms with van der Waals surface area (Å²) in [6, 6.07) is 24.9. The number of anilines is 2. The molecule has 3 saturated heterocycles. The molecular formula is C30H23N5O3. The van der Waals surface area contributed by atoms with Crippen molar-refractivity contribution >= 4 is 39.9 Å². The van der Waals surface area contributed by atoms with Crippen LogP contribution in [0.4, 0.5) is 11.4 Å². The van der Waals surface area contributed by atoms with Crippen LogP contribution in [0.25, 0.3) is 11.0 Å². The fraction of sp³-hybridized carbons (Fsp3) is 0.233. The smallest absolute Gasteiger partial charge is 0.240 e. The lowest BCUT2D eigenvalue weighted by Gasteiger charge is -2.32. The van der Waals surface area contributed by atoms with E-state index in [0.717, 1.165) is 28.0 Å². The molecule has 6 atom stereocenters. The summed E-state index contributed by atoms with van der Waals surface area (Å²) in [5.74, 6) is -1.70. The van der Waals surface area contributed by atoms with Crippen molar-refractivity contribution in [1.29, 1.82) is 0 Å². The highest BCUT2D eigenvalue weighted by Crippen LogP contribution is 2.56. The van der Waals surface area contributed by atoms with Crippen LogP contribution in [-0.2, 0) is 14.3 Å². The fourth-order valence-electron chi connectivity index (χ4n) is 6.67. The summed E-state index contributed by atoms with van der Waals surface area (Å²) in [5, 5.41) is 7.02. The molecule has 186 valence electrons. The number of aromatic nitrogens is 2. The van der Waals surface area contributed by atoms with E-state index in [1.54, 1.807) is 6.20 Å². The average molecular weight is 502 g/mol. The van der Waals surface area contributed by atoms with E-state index in [4.69, 9.17) is 14.8 Å². The predicted molar refractivity (Wildman–Crippen MR) is 142 cm³/mol. The summed E-state index contributed by atoms with van der Waals surface area (Å²) in [5.41, 5.74) is 5.59. The highest BCUT2D eigenvalue weighted by molar-refractivity contribution is 6.23. The minimum absolute atomic E-state index is 0.193. The number of amides is 2. The Morgan fingerprint density at radius 1 is 0.737 bits per heavy atom. The summed E-state index contributed by atoms with van der Waals surface area (Å²) in [4.78, 5) is 38.4. The van der Waals surface area contributed by atoms with Gasteiger partial charge in [-0.25, -0.2) is 9.88 Å². The first kappa shape index (κ1) is 21.6. The van der Waals surface area contributed by atoms with E-state index >= 15 is 0 Å². The van der Waals surface area contributed by atoms with Crippen molar-refractivity contribution in [3.8, 4) is 0 Å². The topological polar surface area (TPSA) is 88.0 Å². The van der Waals surface area contributed by atoms with Crippen LogP contribution in [-0.4, -0.2) is 45.7 Å². The number of benzene rings is 3. The van der Waals surface area contributed by atoms with E-state index in [2.05, 4.69) is 4.98 Å². The Bertz CT molecular complexity index is 1650. The summed E-state index contributed by atoms with van der Waals surface area (Å²) in [7, 11) is 0. The van der Waals surface area contributed by atoms with E-state index in [0.29, 0.717) is 11.4 Å². The minimum atomic E-state index is -0.551. The van der Waals surface area contributed by atoms with Crippen LogP contribution in [0.2, 0.25) is 0 Å². The van der Waals surface area contributed by atoms with E-state index in [9.17, 15) is 9.59 Å². The van der Waals surface area contributed by atoms with Gasteiger partial charge in [-0.2, -0.15) is 5.10 Å². The zero-order chi connectivity index (χ0) is 25.5. The van der Waals surface area contributed by atoms with Crippen LogP contribution in [0.5, 0.6) is 0 Å². The van der Waals surface area contributed by atoms with Gasteiger partial charge < -0.3 is 4.74 Å². The molecule has 0 spiro atoms. The number of rotatable bonds is 3. The van der Waals surface area contributed by atoms with E-state index in [1.165, 1.54) is 4.90 Å². The standard InChI is InChI=1S/C30H23N5O3/c1-16-11-13-17(14-12-16)34-29(36)22-23(30(34)37)28-26-24(27(22)38-28)25(33-35(26)18-7-3-2-4-8-18)21-15-31-19-9-5-6-10-20(19)32-21/h2-15,22-24,26-28H,1H3/t22-,23+,24+,26-,27-,28+/m0/s1. The van der Waals surface area contributed by atoms with Crippen LogP contribution >= 0.6 is 0 Å². The van der Waals surface area contributed by atoms with Crippen LogP contribution in [0, 0.1) is 24.7 Å². The molecule has 8 rings (SSSR count). The molecule has 5 heterocycles. The number of hydrazone groups is 1. The Labute approximate surface area is 218 Å². The van der Waals surface area contributed by atoms with Crippen molar-refractivity contribution in [2.75, 3.05) is 9.91 Å². The Hall–Kier alpha value is -4.43. The maximum Gasteiger partial charge on any atom is 0.240 e. The van der Waals surface area contributed by atoms with Crippen molar-refractivity contribution in [1.82, 2.24) is 9.97 Å². The molecule has 1 aromatic heterocycles. The first-order valence-corrected chi connectivity index (χ1v) is 12.8. The van der Waals surface area contributed by atoms with Gasteiger partial charge in [0.2, 0.25) is 11.8 Å². The molecule has 38 heavy (non-hydrogen) atoms. The molecule has 0 radical (unpaired) electrons. The van der Waals surface area contributed by atoms with Crippen LogP contribution in [0.1, 0.15) is 11.3 Å². The van der Waals surface area contributed by atoms with Crippen molar-refractivity contribution in [2.45, 2.75) is 25.2 Å². The molecule has 4 aliphatic heterocycles. The van der Waals surface area contributed by atoms with E-state index in [1.807, 2.05) is 90.8 Å². The van der Waals surface area contributed by atoms with E-state index in [-0.39, 0.29) is 23.8 Å². The third kappa shape index (κ3) is 2.86. The van der Waals surface area contributed by atoms with Gasteiger partial charge in [0.1, 0.15) is 5.69 Å². The monoisotopic (exact) mass is 501 g/mol. The van der Waals surface area contributed by atoms with Crippen molar-refractivity contribution in [3.63, 3.8) is 0 Å². The number of hydrogen-bond donors (Lipinski definition) is 0. The molecule has 4 aliphatic rings. The Kier molecular flexibility index (Phi) is 4.43. The molecule has 0 N–H and O–H groups in total. The fourth-order valence-corrected chi connectivity index (χ4v) is 6.67. The van der Waals surface area contributed by atoms with Gasteiger partial charge in [-0.15, -0.1) is 0 Å². The molecule has 8 nitrogen and oxygen atoms in total. The number of carbonyl (C=O) groups is 2. The van der Waals surface area contributed by atoms with Crippen molar-refractivity contribution < 1.29 is 14.3 Å². The molecule has 2 amide bonds. The number of ether oxygens (including phenoxy) is 1. The summed E-state index contributed by atoms with van der Waals surface area (Å²) in [6.45, 7) is 1.98. The zero-order valence-electron chi connectivity index (χ0n) is 20.5. The largest absolute Gasteiger partial charge is 0.370 e. The zero-order valence-corrected chi connectivity index (χ0v) is 20.5. The first-order valence-electron chi connectivity index (χ1n) is 12.8. The second kappa shape index (κ2) is 7.79. The third-order valence-corrected chi connectivity index (χ3v) is 8.32. The van der Waals surface area contributed by atoms with Gasteiger partial charge in [-0.3, -0.25) is 19.6 Å². The van der Waals surface area contributed by atoms with Gasteiger partial charge in [-0.05, 0) is 43.3 Å². The van der Waals surface area contributed by atoms with Crippen LogP contribution in [0.15, 0.2) is 90.2 Å². The number of fused-ring (bicyclic) bond motifs is 9. The van der Waals surface area contributed by atoms with Gasteiger partial charge in [0.15, 0.2) is 0 Å². The summed E-state index contributed by atoms with van der Waals surface area (Å²) in [6.07, 6.45) is 0.815. The second-order valence-electron chi connectivity index (χ2n) is 10.4. The highest BCUT2D eigenvalue weighted by atomic mass is 16.5. The minimum Gasteiger partial charge on any atom is -0.370 e. The maximum absolute atomic E-state index is 13.8. The van der Waals surface area contributed by atoms with Crippen LogP contribution < -0.4 is 9.91 Å². The Morgan fingerprint density at radius 2 is 1.42 bits per heavy atom. The molecule has 8 heteroatoms. The maximum atomic E-state index is 13.8. The van der Waals surface area contributed by atoms with Crippen LogP contribution in [0.3, 0.4) is 0 Å². The van der Waals surface area contributed by atoms with Gasteiger partial charge in [-0.1, -0.05) is 48.0 Å². The van der Waals surface area contributed by atoms with Crippen molar-refractivity contribution in [3.05, 3.63) is 96.3 Å². The molecule has 0 unspecified atom stereocenters. The normalized spacial score (nSPS) is 29.2. The summed E-state index contributed by atoms with van der Waals surface area (Å²) < 4.78 is 6.50. The first-order chi connectivity index (χ1) is 18.6. The second-order valence-corrected chi connectivity index (χ2v) is 10.4. The number of carbonyl (C=O) groups excluding carboxylic acids is 2. The number of imide groups is 1. The highest BCUT2D eigenvalue weighted by Gasteiger charge is 2.72. The van der Waals surface area contributed by atoms with E-state index < -0.39 is 24.0 Å². The number of nitrogens with zero attached hydrogens (tertiary/aromatic N) is 5. The SMILES string of the molecule is Cc1ccc(N2C(=O)[C@@H]3[C@@H]4O[C@H]([C@@H]3C2=O)[C@@H]2[C@H]4C(c3cnc4ccccc4n3)=NN2c2ccccc2)cc1. The number of aryl methyl sites for hydroxylation is 1. The summed E-state index contributed by atoms with van der Waals surface area (Å²) >= 11 is 0. The molecular weight excluding hydrogens is 478 g/mol. The van der Waals surface area contributed by atoms with Gasteiger partial charge >= 0.3 is 0 Å². The molecule has 0 saturated carbocycles. The number of para-hydroxylation sites is 3. The lowest BCUT2D eigenvalue weighted by Crippen LogP contribution is -2.50. The quantitative estimate of drug-likeness (QED) is 0.398.